The summed E-state index contributed by atoms with van der Waals surface area (Å²) in [6.45, 7) is 6.58. The molecule has 5 heteroatoms. The Morgan fingerprint density at radius 3 is 2.35 bits per heavy atom. The van der Waals surface area contributed by atoms with Crippen LogP contribution in [0, 0.1) is 0 Å². The number of ether oxygens (including phenoxy) is 1. The molecule has 0 unspecified atom stereocenters. The van der Waals surface area contributed by atoms with E-state index >= 15 is 0 Å². The fourth-order valence-corrected chi connectivity index (χ4v) is 2.40. The summed E-state index contributed by atoms with van der Waals surface area (Å²) in [7, 11) is 0. The van der Waals surface area contributed by atoms with Crippen molar-refractivity contribution in [1.29, 1.82) is 0 Å². The Hall–Kier alpha value is -2.82. The van der Waals surface area contributed by atoms with Crippen molar-refractivity contribution >= 4 is 17.5 Å². The van der Waals surface area contributed by atoms with Gasteiger partial charge < -0.3 is 15.4 Å². The maximum atomic E-state index is 12.5. The number of para-hydroxylation sites is 1. The second-order valence-electron chi connectivity index (χ2n) is 6.30. The van der Waals surface area contributed by atoms with Crippen molar-refractivity contribution in [1.82, 2.24) is 5.32 Å². The fourth-order valence-electron chi connectivity index (χ4n) is 2.40. The number of unbranched alkanes of at least 4 members (excludes halogenated alkanes) is 1. The lowest BCUT2D eigenvalue weighted by molar-refractivity contribution is 0.0952. The summed E-state index contributed by atoms with van der Waals surface area (Å²) in [5, 5.41) is 5.71. The predicted octanol–water partition coefficient (Wildman–Crippen LogP) is 4.26. The van der Waals surface area contributed by atoms with E-state index in [1.807, 2.05) is 19.9 Å². The maximum Gasteiger partial charge on any atom is 0.259 e. The Morgan fingerprint density at radius 1 is 1.00 bits per heavy atom. The number of hydrogen-bond acceptors (Lipinski definition) is 3. The first-order chi connectivity index (χ1) is 12.5. The molecule has 0 saturated heterocycles. The van der Waals surface area contributed by atoms with Crippen LogP contribution >= 0.6 is 0 Å². The third-order valence-electron chi connectivity index (χ3n) is 3.72. The van der Waals surface area contributed by atoms with Gasteiger partial charge in [0.15, 0.2) is 0 Å². The van der Waals surface area contributed by atoms with Gasteiger partial charge in [0.1, 0.15) is 5.75 Å². The molecule has 0 bridgehead atoms. The number of carbonyl (C=O) groups is 2. The molecule has 0 saturated carbocycles. The van der Waals surface area contributed by atoms with Crippen molar-refractivity contribution in [2.45, 2.75) is 39.7 Å². The number of amides is 2. The van der Waals surface area contributed by atoms with Gasteiger partial charge in [0, 0.05) is 17.8 Å². The van der Waals surface area contributed by atoms with Crippen molar-refractivity contribution in [2.24, 2.45) is 0 Å². The summed E-state index contributed by atoms with van der Waals surface area (Å²) in [6, 6.07) is 14.0. The first-order valence-electron chi connectivity index (χ1n) is 8.96. The van der Waals surface area contributed by atoms with E-state index in [-0.39, 0.29) is 17.9 Å². The number of nitrogens with one attached hydrogen (secondary N) is 2. The summed E-state index contributed by atoms with van der Waals surface area (Å²) in [5.41, 5.74) is 1.67. The molecule has 2 amide bonds. The molecule has 2 aromatic rings. The molecular formula is C21H26N2O3. The van der Waals surface area contributed by atoms with Crippen LogP contribution < -0.4 is 15.4 Å². The minimum Gasteiger partial charge on any atom is -0.490 e. The average molecular weight is 354 g/mol. The molecule has 5 nitrogen and oxygen atoms in total. The van der Waals surface area contributed by atoms with Gasteiger partial charge in [0.05, 0.1) is 11.7 Å². The molecule has 2 N–H and O–H groups in total. The first-order valence-corrected chi connectivity index (χ1v) is 8.96. The van der Waals surface area contributed by atoms with Crippen LogP contribution in [0.5, 0.6) is 5.75 Å². The Balaban J connectivity index is 2.03. The fraction of sp³-hybridized carbons (Fsp3) is 0.333. The molecule has 0 spiro atoms. The summed E-state index contributed by atoms with van der Waals surface area (Å²) in [6.07, 6.45) is 1.97. The number of hydrogen-bond donors (Lipinski definition) is 2. The summed E-state index contributed by atoms with van der Waals surface area (Å²) >= 11 is 0. The smallest absolute Gasteiger partial charge is 0.259 e. The van der Waals surface area contributed by atoms with Gasteiger partial charge in [-0.25, -0.2) is 0 Å². The van der Waals surface area contributed by atoms with Crippen LogP contribution in [0.15, 0.2) is 48.5 Å². The average Bonchev–Trinajstić information content (AvgIpc) is 2.62. The number of rotatable bonds is 8. The zero-order chi connectivity index (χ0) is 18.9. The molecule has 0 aliphatic carbocycles. The van der Waals surface area contributed by atoms with Crippen molar-refractivity contribution in [3.63, 3.8) is 0 Å². The van der Waals surface area contributed by atoms with Gasteiger partial charge in [-0.2, -0.15) is 0 Å². The van der Waals surface area contributed by atoms with Crippen LogP contribution in [-0.4, -0.2) is 24.5 Å². The van der Waals surface area contributed by atoms with Crippen molar-refractivity contribution in [3.8, 4) is 5.75 Å². The van der Waals surface area contributed by atoms with Crippen molar-refractivity contribution in [2.75, 3.05) is 11.9 Å². The van der Waals surface area contributed by atoms with Crippen LogP contribution in [0.4, 0.5) is 5.69 Å². The Labute approximate surface area is 154 Å². The van der Waals surface area contributed by atoms with Gasteiger partial charge in [0.2, 0.25) is 0 Å². The quantitative estimate of drug-likeness (QED) is 0.696. The van der Waals surface area contributed by atoms with Crippen LogP contribution in [-0.2, 0) is 0 Å². The Kier molecular flexibility index (Phi) is 7.21. The molecule has 0 radical (unpaired) electrons. The van der Waals surface area contributed by atoms with Crippen LogP contribution in [0.2, 0.25) is 0 Å². The highest BCUT2D eigenvalue weighted by Crippen LogP contribution is 2.21. The SMILES string of the molecule is CCCCNC(=O)c1ccc(NC(=O)c2ccccc2OC(C)C)cc1. The molecule has 2 rings (SSSR count). The van der Waals surface area contributed by atoms with Gasteiger partial charge in [-0.3, -0.25) is 9.59 Å². The topological polar surface area (TPSA) is 67.4 Å². The van der Waals surface area contributed by atoms with E-state index in [4.69, 9.17) is 4.74 Å². The monoisotopic (exact) mass is 354 g/mol. The number of anilines is 1. The Morgan fingerprint density at radius 2 is 1.69 bits per heavy atom. The van der Waals surface area contributed by atoms with Crippen LogP contribution in [0.25, 0.3) is 0 Å². The second kappa shape index (κ2) is 9.61. The lowest BCUT2D eigenvalue weighted by atomic mass is 10.1. The second-order valence-corrected chi connectivity index (χ2v) is 6.30. The largest absolute Gasteiger partial charge is 0.490 e. The molecule has 0 aliphatic heterocycles. The zero-order valence-electron chi connectivity index (χ0n) is 15.5. The van der Waals surface area contributed by atoms with E-state index < -0.39 is 0 Å². The highest BCUT2D eigenvalue weighted by Gasteiger charge is 2.13. The van der Waals surface area contributed by atoms with Gasteiger partial charge in [-0.1, -0.05) is 25.5 Å². The van der Waals surface area contributed by atoms with E-state index in [0.29, 0.717) is 29.1 Å². The Bertz CT molecular complexity index is 739. The molecule has 0 atom stereocenters. The van der Waals surface area contributed by atoms with Gasteiger partial charge in [0.25, 0.3) is 11.8 Å². The zero-order valence-corrected chi connectivity index (χ0v) is 15.5. The number of benzene rings is 2. The highest BCUT2D eigenvalue weighted by molar-refractivity contribution is 6.06. The lowest BCUT2D eigenvalue weighted by Crippen LogP contribution is -2.24. The standard InChI is InChI=1S/C21H26N2O3/c1-4-5-14-22-20(24)16-10-12-17(13-11-16)23-21(25)18-8-6-7-9-19(18)26-15(2)3/h6-13,15H,4-5,14H2,1-3H3,(H,22,24)(H,23,25). The van der Waals surface area contributed by atoms with Crippen molar-refractivity contribution in [3.05, 3.63) is 59.7 Å². The third kappa shape index (κ3) is 5.62. The summed E-state index contributed by atoms with van der Waals surface area (Å²) in [5.74, 6) is 0.195. The summed E-state index contributed by atoms with van der Waals surface area (Å²) < 4.78 is 5.69. The molecule has 26 heavy (non-hydrogen) atoms. The molecule has 138 valence electrons. The van der Waals surface area contributed by atoms with Gasteiger partial charge in [-0.15, -0.1) is 0 Å². The first kappa shape index (κ1) is 19.5. The van der Waals surface area contributed by atoms with E-state index in [2.05, 4.69) is 17.6 Å². The number of carbonyl (C=O) groups excluding carboxylic acids is 2. The minimum absolute atomic E-state index is 0.0190. The molecule has 0 fully saturated rings. The molecule has 0 aliphatic rings. The molecular weight excluding hydrogens is 328 g/mol. The molecule has 2 aromatic carbocycles. The van der Waals surface area contributed by atoms with Crippen molar-refractivity contribution < 1.29 is 14.3 Å². The predicted molar refractivity (Wildman–Crippen MR) is 104 cm³/mol. The normalized spacial score (nSPS) is 10.5. The maximum absolute atomic E-state index is 12.5. The van der Waals surface area contributed by atoms with Crippen LogP contribution in [0.3, 0.4) is 0 Å². The van der Waals surface area contributed by atoms with Gasteiger partial charge >= 0.3 is 0 Å². The van der Waals surface area contributed by atoms with E-state index in [1.165, 1.54) is 0 Å². The van der Waals surface area contributed by atoms with Crippen LogP contribution in [0.1, 0.15) is 54.3 Å². The lowest BCUT2D eigenvalue weighted by Gasteiger charge is -2.14. The summed E-state index contributed by atoms with van der Waals surface area (Å²) in [4.78, 5) is 24.5. The molecule has 0 aromatic heterocycles. The van der Waals surface area contributed by atoms with E-state index in [9.17, 15) is 9.59 Å². The van der Waals surface area contributed by atoms with E-state index in [0.717, 1.165) is 12.8 Å². The van der Waals surface area contributed by atoms with Gasteiger partial charge in [-0.05, 0) is 56.7 Å². The molecule has 0 heterocycles. The highest BCUT2D eigenvalue weighted by atomic mass is 16.5. The van der Waals surface area contributed by atoms with E-state index in [1.54, 1.807) is 42.5 Å². The minimum atomic E-state index is -0.249. The third-order valence-corrected chi connectivity index (χ3v) is 3.72.